The summed E-state index contributed by atoms with van der Waals surface area (Å²) in [7, 11) is 0. The second-order valence-electron chi connectivity index (χ2n) is 5.08. The highest BCUT2D eigenvalue weighted by molar-refractivity contribution is 6.02. The van der Waals surface area contributed by atoms with Gasteiger partial charge in [0.25, 0.3) is 0 Å². The van der Waals surface area contributed by atoms with Gasteiger partial charge >= 0.3 is 6.03 Å². The van der Waals surface area contributed by atoms with Crippen LogP contribution in [0.2, 0.25) is 0 Å². The summed E-state index contributed by atoms with van der Waals surface area (Å²) in [6.07, 6.45) is 4.54. The molecule has 5 nitrogen and oxygen atoms in total. The highest BCUT2D eigenvalue weighted by Gasteiger charge is 2.01. The largest absolute Gasteiger partial charge is 0.334 e. The van der Waals surface area contributed by atoms with E-state index in [0.717, 1.165) is 5.56 Å². The van der Waals surface area contributed by atoms with Crippen molar-refractivity contribution in [3.63, 3.8) is 0 Å². The molecule has 2 rings (SSSR count). The van der Waals surface area contributed by atoms with Crippen LogP contribution in [-0.4, -0.2) is 18.5 Å². The van der Waals surface area contributed by atoms with Gasteiger partial charge in [-0.25, -0.2) is 9.18 Å². The Morgan fingerprint density at radius 3 is 2.16 bits per heavy atom. The van der Waals surface area contributed by atoms with Crippen LogP contribution in [0, 0.1) is 5.82 Å². The number of rotatable bonds is 6. The number of nitrogens with one attached hydrogen (secondary N) is 3. The molecule has 6 heteroatoms. The molecular formula is C19H18FN3O2. The Kier molecular flexibility index (Phi) is 6.47. The molecule has 0 bridgehead atoms. The van der Waals surface area contributed by atoms with Crippen LogP contribution in [0.25, 0.3) is 6.08 Å². The highest BCUT2D eigenvalue weighted by atomic mass is 19.1. The molecule has 0 aliphatic carbocycles. The van der Waals surface area contributed by atoms with Gasteiger partial charge in [-0.2, -0.15) is 0 Å². The van der Waals surface area contributed by atoms with Gasteiger partial charge in [0.2, 0.25) is 5.91 Å². The van der Waals surface area contributed by atoms with Gasteiger partial charge < -0.3 is 16.0 Å². The first-order chi connectivity index (χ1) is 12.1. The van der Waals surface area contributed by atoms with E-state index < -0.39 is 0 Å². The first-order valence-electron chi connectivity index (χ1n) is 7.57. The van der Waals surface area contributed by atoms with Crippen molar-refractivity contribution in [3.05, 3.63) is 78.6 Å². The molecule has 0 atom stereocenters. The zero-order chi connectivity index (χ0) is 18.1. The third-order valence-electron chi connectivity index (χ3n) is 3.11. The fraction of sp³-hybridized carbons (Fsp3) is 0.0526. The van der Waals surface area contributed by atoms with Gasteiger partial charge in [-0.05, 0) is 48.0 Å². The van der Waals surface area contributed by atoms with Crippen LogP contribution in [0.4, 0.5) is 20.6 Å². The summed E-state index contributed by atoms with van der Waals surface area (Å²) in [5.74, 6) is -0.637. The number of urea groups is 1. The number of carbonyl (C=O) groups excluding carboxylic acids is 2. The summed E-state index contributed by atoms with van der Waals surface area (Å²) in [4.78, 5) is 23.4. The Bertz CT molecular complexity index is 768. The molecule has 0 aromatic heterocycles. The molecule has 0 fully saturated rings. The maximum atomic E-state index is 12.8. The fourth-order valence-corrected chi connectivity index (χ4v) is 1.91. The van der Waals surface area contributed by atoms with E-state index in [-0.39, 0.29) is 17.8 Å². The van der Waals surface area contributed by atoms with Crippen LogP contribution in [0.15, 0.2) is 67.3 Å². The predicted molar refractivity (Wildman–Crippen MR) is 97.7 cm³/mol. The topological polar surface area (TPSA) is 70.2 Å². The van der Waals surface area contributed by atoms with Crippen molar-refractivity contribution < 1.29 is 14.0 Å². The lowest BCUT2D eigenvalue weighted by Crippen LogP contribution is -2.28. The molecule has 128 valence electrons. The maximum absolute atomic E-state index is 12.8. The first-order valence-corrected chi connectivity index (χ1v) is 7.57. The van der Waals surface area contributed by atoms with Crippen LogP contribution in [0.3, 0.4) is 0 Å². The van der Waals surface area contributed by atoms with Crippen molar-refractivity contribution in [1.82, 2.24) is 5.32 Å². The normalized spacial score (nSPS) is 10.3. The minimum atomic E-state index is -0.334. The standard InChI is InChI=1S/C19H18FN3O2/c1-2-13-21-19(25)23-17-10-8-16(9-11-17)22-18(24)12-5-14-3-6-15(20)7-4-14/h2-12H,1,13H2,(H,22,24)(H2,21,23,25)/b12-5+. The molecule has 3 amide bonds. The average molecular weight is 339 g/mol. The Balaban J connectivity index is 1.87. The van der Waals surface area contributed by atoms with E-state index in [1.54, 1.807) is 48.6 Å². The van der Waals surface area contributed by atoms with Crippen LogP contribution in [0.5, 0.6) is 0 Å². The van der Waals surface area contributed by atoms with E-state index in [9.17, 15) is 14.0 Å². The lowest BCUT2D eigenvalue weighted by molar-refractivity contribution is -0.111. The number of hydrogen-bond donors (Lipinski definition) is 3. The number of anilines is 2. The van der Waals surface area contributed by atoms with E-state index in [0.29, 0.717) is 17.9 Å². The maximum Gasteiger partial charge on any atom is 0.319 e. The highest BCUT2D eigenvalue weighted by Crippen LogP contribution is 2.13. The molecule has 0 saturated heterocycles. The summed E-state index contributed by atoms with van der Waals surface area (Å²) in [6.45, 7) is 3.89. The number of amides is 3. The Morgan fingerprint density at radius 1 is 0.960 bits per heavy atom. The second-order valence-corrected chi connectivity index (χ2v) is 5.08. The van der Waals surface area contributed by atoms with Crippen LogP contribution < -0.4 is 16.0 Å². The Labute approximate surface area is 145 Å². The monoisotopic (exact) mass is 339 g/mol. The van der Waals surface area contributed by atoms with Crippen molar-refractivity contribution in [3.8, 4) is 0 Å². The second kappa shape index (κ2) is 9.02. The van der Waals surface area contributed by atoms with E-state index in [2.05, 4.69) is 22.5 Å². The number of halogens is 1. The van der Waals surface area contributed by atoms with Gasteiger partial charge in [0, 0.05) is 24.0 Å². The van der Waals surface area contributed by atoms with Gasteiger partial charge in [-0.15, -0.1) is 6.58 Å². The molecule has 2 aromatic carbocycles. The van der Waals surface area contributed by atoms with Crippen molar-refractivity contribution >= 4 is 29.4 Å². The van der Waals surface area contributed by atoms with Crippen molar-refractivity contribution in [2.45, 2.75) is 0 Å². The zero-order valence-corrected chi connectivity index (χ0v) is 13.5. The minimum Gasteiger partial charge on any atom is -0.334 e. The molecular weight excluding hydrogens is 321 g/mol. The number of hydrogen-bond acceptors (Lipinski definition) is 2. The minimum absolute atomic E-state index is 0.311. The zero-order valence-electron chi connectivity index (χ0n) is 13.5. The molecule has 0 saturated carbocycles. The Morgan fingerprint density at radius 2 is 1.56 bits per heavy atom. The number of benzene rings is 2. The van der Waals surface area contributed by atoms with Crippen LogP contribution >= 0.6 is 0 Å². The first kappa shape index (κ1) is 17.9. The van der Waals surface area contributed by atoms with Crippen molar-refractivity contribution in [2.24, 2.45) is 0 Å². The van der Waals surface area contributed by atoms with Gasteiger partial charge in [0.1, 0.15) is 5.82 Å². The lowest BCUT2D eigenvalue weighted by atomic mass is 10.2. The third kappa shape index (κ3) is 6.31. The molecule has 0 heterocycles. The number of carbonyl (C=O) groups is 2. The van der Waals surface area contributed by atoms with E-state index in [1.807, 2.05) is 0 Å². The molecule has 3 N–H and O–H groups in total. The van der Waals surface area contributed by atoms with E-state index in [1.165, 1.54) is 18.2 Å². The summed E-state index contributed by atoms with van der Waals surface area (Å²) >= 11 is 0. The molecule has 0 aliphatic heterocycles. The van der Waals surface area contributed by atoms with Crippen molar-refractivity contribution in [1.29, 1.82) is 0 Å². The molecule has 25 heavy (non-hydrogen) atoms. The van der Waals surface area contributed by atoms with Gasteiger partial charge in [0.05, 0.1) is 0 Å². The molecule has 2 aromatic rings. The summed E-state index contributed by atoms with van der Waals surface area (Å²) in [6, 6.07) is 12.2. The predicted octanol–water partition coefficient (Wildman–Crippen LogP) is 3.79. The SMILES string of the molecule is C=CCNC(=O)Nc1ccc(NC(=O)/C=C/c2ccc(F)cc2)cc1. The molecule has 0 radical (unpaired) electrons. The quantitative estimate of drug-likeness (QED) is 0.554. The summed E-state index contributed by atoms with van der Waals surface area (Å²) in [5.41, 5.74) is 1.91. The molecule has 0 spiro atoms. The van der Waals surface area contributed by atoms with Crippen LogP contribution in [0.1, 0.15) is 5.56 Å². The summed E-state index contributed by atoms with van der Waals surface area (Å²) < 4.78 is 12.8. The van der Waals surface area contributed by atoms with E-state index in [4.69, 9.17) is 0 Å². The molecule has 0 unspecified atom stereocenters. The van der Waals surface area contributed by atoms with Gasteiger partial charge in [-0.3, -0.25) is 4.79 Å². The van der Waals surface area contributed by atoms with Gasteiger partial charge in [0.15, 0.2) is 0 Å². The van der Waals surface area contributed by atoms with Gasteiger partial charge in [-0.1, -0.05) is 18.2 Å². The summed E-state index contributed by atoms with van der Waals surface area (Å²) in [5, 5.41) is 7.94. The molecule has 0 aliphatic rings. The van der Waals surface area contributed by atoms with Crippen LogP contribution in [-0.2, 0) is 4.79 Å². The third-order valence-corrected chi connectivity index (χ3v) is 3.11. The lowest BCUT2D eigenvalue weighted by Gasteiger charge is -2.07. The fourth-order valence-electron chi connectivity index (χ4n) is 1.91. The van der Waals surface area contributed by atoms with E-state index >= 15 is 0 Å². The Hall–Kier alpha value is -3.41. The van der Waals surface area contributed by atoms with Crippen molar-refractivity contribution in [2.75, 3.05) is 17.2 Å². The average Bonchev–Trinajstić information content (AvgIpc) is 2.61. The smallest absolute Gasteiger partial charge is 0.319 e.